The normalized spacial score (nSPS) is 13.9. The second-order valence-electron chi connectivity index (χ2n) is 10.4. The average Bonchev–Trinajstić information content (AvgIpc) is 3.49. The molecule has 0 aliphatic carbocycles. The second kappa shape index (κ2) is 7.17. The monoisotopic (exact) mass is 476 g/mol. The fraction of sp³-hybridized carbons (Fsp3) is 0.0909. The van der Waals surface area contributed by atoms with Crippen molar-refractivity contribution in [1.29, 1.82) is 0 Å². The molecule has 0 bridgehead atoms. The van der Waals surface area contributed by atoms with Crippen LogP contribution in [0.1, 0.15) is 25.0 Å². The molecule has 0 amide bonds. The minimum Gasteiger partial charge on any atom is -0.309 e. The molecule has 0 fully saturated rings. The Kier molecular flexibility index (Phi) is 3.97. The minimum atomic E-state index is -0.189. The lowest BCUT2D eigenvalue weighted by Gasteiger charge is -2.35. The third kappa shape index (κ3) is 2.67. The number of imidazole rings is 1. The smallest absolute Gasteiger partial charge is 0.147 e. The van der Waals surface area contributed by atoms with E-state index >= 15 is 0 Å². The first kappa shape index (κ1) is 20.5. The number of rotatable bonds is 2. The zero-order valence-electron chi connectivity index (χ0n) is 20.7. The van der Waals surface area contributed by atoms with Crippen molar-refractivity contribution in [3.63, 3.8) is 0 Å². The zero-order chi connectivity index (χ0) is 24.7. The van der Waals surface area contributed by atoms with Crippen LogP contribution in [0.15, 0.2) is 109 Å². The third-order valence-corrected chi connectivity index (χ3v) is 8.00. The van der Waals surface area contributed by atoms with Crippen LogP contribution in [0, 0.1) is 0 Å². The predicted molar refractivity (Wildman–Crippen MR) is 151 cm³/mol. The Bertz CT molecular complexity index is 1950. The largest absolute Gasteiger partial charge is 0.309 e. The first-order valence-electron chi connectivity index (χ1n) is 12.7. The summed E-state index contributed by atoms with van der Waals surface area (Å²) in [6.07, 6.45) is 3.71. The molecule has 0 N–H and O–H groups in total. The van der Waals surface area contributed by atoms with Crippen molar-refractivity contribution >= 4 is 32.8 Å². The lowest BCUT2D eigenvalue weighted by molar-refractivity contribution is 0.628. The molecule has 4 heteroatoms. The topological polar surface area (TPSA) is 35.6 Å². The Hall–Kier alpha value is -4.70. The van der Waals surface area contributed by atoms with Crippen molar-refractivity contribution in [2.24, 2.45) is 0 Å². The predicted octanol–water partition coefficient (Wildman–Crippen LogP) is 7.82. The molecule has 37 heavy (non-hydrogen) atoms. The lowest BCUT2D eigenvalue weighted by atomic mass is 9.74. The fourth-order valence-electron chi connectivity index (χ4n) is 6.26. The molecule has 1 aliphatic heterocycles. The summed E-state index contributed by atoms with van der Waals surface area (Å²) in [5, 5.41) is 2.55. The molecule has 0 spiro atoms. The highest BCUT2D eigenvalue weighted by molar-refractivity contribution is 6.09. The molecule has 4 heterocycles. The Morgan fingerprint density at radius 3 is 2.16 bits per heavy atom. The molecule has 0 radical (unpaired) electrons. The Morgan fingerprint density at radius 2 is 1.43 bits per heavy atom. The standard InChI is InChI=1S/C33H24N4/c1-33(2)25-12-7-13-27-31(25)37(32(35-27)21-9-8-18-34-20-21)30-17-16-22(19-26(30)33)36-28-14-5-3-10-23(28)24-11-4-6-15-29(24)36/h3-20H,1-2H3. The quantitative estimate of drug-likeness (QED) is 0.255. The summed E-state index contributed by atoms with van der Waals surface area (Å²) in [6.45, 7) is 4.66. The molecule has 0 unspecified atom stereocenters. The van der Waals surface area contributed by atoms with Gasteiger partial charge < -0.3 is 4.57 Å². The average molecular weight is 477 g/mol. The minimum absolute atomic E-state index is 0.189. The van der Waals surface area contributed by atoms with E-state index in [-0.39, 0.29) is 5.41 Å². The van der Waals surface area contributed by atoms with E-state index in [1.165, 1.54) is 49.8 Å². The van der Waals surface area contributed by atoms with Gasteiger partial charge in [-0.2, -0.15) is 0 Å². The number of aromatic nitrogens is 4. The summed E-state index contributed by atoms with van der Waals surface area (Å²) in [7, 11) is 0. The molecular weight excluding hydrogens is 452 g/mol. The van der Waals surface area contributed by atoms with Gasteiger partial charge in [-0.15, -0.1) is 0 Å². The van der Waals surface area contributed by atoms with E-state index < -0.39 is 0 Å². The van der Waals surface area contributed by atoms with Gasteiger partial charge in [0.1, 0.15) is 5.82 Å². The van der Waals surface area contributed by atoms with Crippen LogP contribution in [0.2, 0.25) is 0 Å². The summed E-state index contributed by atoms with van der Waals surface area (Å²) < 4.78 is 4.73. The Balaban J connectivity index is 1.46. The third-order valence-electron chi connectivity index (χ3n) is 8.00. The number of para-hydroxylation sites is 3. The van der Waals surface area contributed by atoms with Gasteiger partial charge in [0.05, 0.1) is 27.8 Å². The highest BCUT2D eigenvalue weighted by Crippen LogP contribution is 2.47. The first-order valence-corrected chi connectivity index (χ1v) is 12.7. The first-order chi connectivity index (χ1) is 18.1. The molecule has 0 saturated carbocycles. The summed E-state index contributed by atoms with van der Waals surface area (Å²) in [6, 6.07) is 34.8. The molecule has 0 saturated heterocycles. The van der Waals surface area contributed by atoms with Crippen LogP contribution in [0.4, 0.5) is 0 Å². The molecule has 8 rings (SSSR count). The van der Waals surface area contributed by atoms with Crippen molar-refractivity contribution in [2.75, 3.05) is 0 Å². The van der Waals surface area contributed by atoms with Crippen molar-refractivity contribution in [3.8, 4) is 22.8 Å². The van der Waals surface area contributed by atoms with E-state index in [4.69, 9.17) is 4.98 Å². The van der Waals surface area contributed by atoms with Crippen molar-refractivity contribution in [3.05, 3.63) is 121 Å². The van der Waals surface area contributed by atoms with Crippen LogP contribution >= 0.6 is 0 Å². The van der Waals surface area contributed by atoms with E-state index in [1.54, 1.807) is 0 Å². The van der Waals surface area contributed by atoms with Gasteiger partial charge in [-0.1, -0.05) is 62.4 Å². The number of hydrogen-bond acceptors (Lipinski definition) is 2. The van der Waals surface area contributed by atoms with Gasteiger partial charge in [0.15, 0.2) is 0 Å². The van der Waals surface area contributed by atoms with Crippen LogP contribution in [0.5, 0.6) is 0 Å². The van der Waals surface area contributed by atoms with Crippen molar-refractivity contribution in [2.45, 2.75) is 19.3 Å². The van der Waals surface area contributed by atoms with Gasteiger partial charge in [0.2, 0.25) is 0 Å². The molecule has 1 aliphatic rings. The van der Waals surface area contributed by atoms with Gasteiger partial charge in [-0.25, -0.2) is 4.98 Å². The maximum atomic E-state index is 5.09. The van der Waals surface area contributed by atoms with Gasteiger partial charge in [0.25, 0.3) is 0 Å². The molecule has 0 atom stereocenters. The van der Waals surface area contributed by atoms with Crippen LogP contribution in [-0.2, 0) is 5.41 Å². The Labute approximate surface area is 214 Å². The van der Waals surface area contributed by atoms with E-state index in [9.17, 15) is 0 Å². The van der Waals surface area contributed by atoms with Gasteiger partial charge in [0, 0.05) is 39.8 Å². The summed E-state index contributed by atoms with van der Waals surface area (Å²) in [5.74, 6) is 0.928. The van der Waals surface area contributed by atoms with E-state index in [0.717, 1.165) is 16.9 Å². The fourth-order valence-corrected chi connectivity index (χ4v) is 6.26. The van der Waals surface area contributed by atoms with Crippen LogP contribution in [0.3, 0.4) is 0 Å². The van der Waals surface area contributed by atoms with Crippen LogP contribution < -0.4 is 0 Å². The summed E-state index contributed by atoms with van der Waals surface area (Å²) >= 11 is 0. The molecule has 176 valence electrons. The van der Waals surface area contributed by atoms with Crippen LogP contribution in [-0.4, -0.2) is 19.1 Å². The molecule has 4 nitrogen and oxygen atoms in total. The van der Waals surface area contributed by atoms with E-state index in [1.807, 2.05) is 18.5 Å². The van der Waals surface area contributed by atoms with Gasteiger partial charge in [-0.05, 0) is 59.7 Å². The number of fused-ring (bicyclic) bond motifs is 5. The second-order valence-corrected chi connectivity index (χ2v) is 10.4. The highest BCUT2D eigenvalue weighted by atomic mass is 15.1. The van der Waals surface area contributed by atoms with E-state index in [2.05, 4.69) is 119 Å². The number of nitrogens with zero attached hydrogens (tertiary/aromatic N) is 4. The van der Waals surface area contributed by atoms with Crippen molar-refractivity contribution in [1.82, 2.24) is 19.1 Å². The lowest BCUT2D eigenvalue weighted by Crippen LogP contribution is -2.26. The van der Waals surface area contributed by atoms with E-state index in [0.29, 0.717) is 0 Å². The summed E-state index contributed by atoms with van der Waals surface area (Å²) in [4.78, 5) is 9.47. The molecule has 7 aromatic rings. The Morgan fingerprint density at radius 1 is 0.676 bits per heavy atom. The maximum absolute atomic E-state index is 5.09. The van der Waals surface area contributed by atoms with Gasteiger partial charge in [-0.3, -0.25) is 9.55 Å². The van der Waals surface area contributed by atoms with Crippen molar-refractivity contribution < 1.29 is 0 Å². The molecule has 3 aromatic heterocycles. The number of pyridine rings is 1. The number of benzene rings is 4. The number of hydrogen-bond donors (Lipinski definition) is 0. The maximum Gasteiger partial charge on any atom is 0.147 e. The SMILES string of the molecule is CC1(C)c2cc(-n3c4ccccc4c4ccccc43)ccc2-n2c(-c3cccnc3)nc3cccc1c32. The van der Waals surface area contributed by atoms with Gasteiger partial charge >= 0.3 is 0 Å². The summed E-state index contributed by atoms with van der Waals surface area (Å²) in [5.41, 5.74) is 10.4. The highest BCUT2D eigenvalue weighted by Gasteiger charge is 2.36. The van der Waals surface area contributed by atoms with Crippen LogP contribution in [0.25, 0.3) is 55.6 Å². The zero-order valence-corrected chi connectivity index (χ0v) is 20.7. The molecular formula is C33H24N4. The molecule has 4 aromatic carbocycles.